The minimum atomic E-state index is -3.90. The quantitative estimate of drug-likeness (QED) is 0.0931. The molecular formula is C28H62O4P2. The van der Waals surface area contributed by atoms with Gasteiger partial charge < -0.3 is 13.9 Å². The van der Waals surface area contributed by atoms with Crippen LogP contribution in [0.5, 0.6) is 0 Å². The van der Waals surface area contributed by atoms with E-state index in [0.29, 0.717) is 0 Å². The lowest BCUT2D eigenvalue weighted by molar-refractivity contribution is -0.220. The molecule has 0 aromatic rings. The molecule has 6 heteroatoms. The van der Waals surface area contributed by atoms with Gasteiger partial charge in [-0.25, -0.2) is 0 Å². The van der Waals surface area contributed by atoms with Crippen molar-refractivity contribution < 1.29 is 18.5 Å². The van der Waals surface area contributed by atoms with Gasteiger partial charge in [-0.2, -0.15) is 0 Å². The average Bonchev–Trinajstić information content (AvgIpc) is 2.85. The molecule has 0 rings (SSSR count). The smallest absolute Gasteiger partial charge is 0.267 e. The summed E-state index contributed by atoms with van der Waals surface area (Å²) in [6.07, 6.45) is 33.0. The third kappa shape index (κ3) is 24.2. The fraction of sp³-hybridized carbons (Fsp3) is 1.00. The maximum Gasteiger partial charge on any atom is 0.267 e. The SMILES string of the molecule is CCCCCCCCCCCCCC[P+](CCCC)(CCCC)CCCC.COP(=O)([O-])OC. The van der Waals surface area contributed by atoms with Gasteiger partial charge in [0, 0.05) is 21.5 Å². The molecule has 0 fully saturated rings. The number of phosphoric ester groups is 1. The highest BCUT2D eigenvalue weighted by molar-refractivity contribution is 7.75. The molecule has 0 saturated carbocycles. The summed E-state index contributed by atoms with van der Waals surface area (Å²) in [5, 5.41) is 0. The van der Waals surface area contributed by atoms with Crippen molar-refractivity contribution in [2.45, 2.75) is 143 Å². The zero-order valence-electron chi connectivity index (χ0n) is 24.1. The lowest BCUT2D eigenvalue weighted by atomic mass is 10.1. The normalized spacial score (nSPS) is 12.0. The Hall–Kier alpha value is 0.540. The van der Waals surface area contributed by atoms with Crippen LogP contribution in [0.1, 0.15) is 143 Å². The minimum Gasteiger partial charge on any atom is -0.756 e. The van der Waals surface area contributed by atoms with E-state index in [1.54, 1.807) is 31.1 Å². The average molecular weight is 525 g/mol. The van der Waals surface area contributed by atoms with E-state index in [2.05, 4.69) is 36.7 Å². The molecule has 0 saturated heterocycles. The molecule has 0 aliphatic rings. The first-order valence-electron chi connectivity index (χ1n) is 14.6. The highest BCUT2D eigenvalue weighted by atomic mass is 31.2. The monoisotopic (exact) mass is 524 g/mol. The summed E-state index contributed by atoms with van der Waals surface area (Å²) in [6, 6.07) is 0. The minimum absolute atomic E-state index is 0.626. The number of phosphoric acid groups is 1. The first kappa shape index (κ1) is 36.7. The zero-order valence-corrected chi connectivity index (χ0v) is 25.9. The molecular weight excluding hydrogens is 462 g/mol. The lowest BCUT2D eigenvalue weighted by Gasteiger charge is -2.28. The second-order valence-corrected chi connectivity index (χ2v) is 16.1. The Kier molecular flexibility index (Phi) is 28.7. The predicted molar refractivity (Wildman–Crippen MR) is 154 cm³/mol. The molecule has 0 atom stereocenters. The summed E-state index contributed by atoms with van der Waals surface area (Å²) in [6.45, 7) is 9.47. The molecule has 4 nitrogen and oxygen atoms in total. The summed E-state index contributed by atoms with van der Waals surface area (Å²) in [4.78, 5) is 9.95. The summed E-state index contributed by atoms with van der Waals surface area (Å²) in [7, 11) is -2.45. The molecule has 0 unspecified atom stereocenters. The Balaban J connectivity index is 0. The van der Waals surface area contributed by atoms with Crippen LogP contribution >= 0.6 is 15.1 Å². The van der Waals surface area contributed by atoms with Gasteiger partial charge in [-0.1, -0.05) is 111 Å². The van der Waals surface area contributed by atoms with E-state index in [1.165, 1.54) is 109 Å². The number of hydrogen-bond donors (Lipinski definition) is 0. The van der Waals surface area contributed by atoms with E-state index >= 15 is 0 Å². The topological polar surface area (TPSA) is 58.6 Å². The van der Waals surface area contributed by atoms with Crippen molar-refractivity contribution in [3.8, 4) is 0 Å². The molecule has 0 aliphatic carbocycles. The van der Waals surface area contributed by atoms with Crippen molar-refractivity contribution in [2.24, 2.45) is 0 Å². The van der Waals surface area contributed by atoms with Gasteiger partial charge in [0.05, 0.1) is 24.6 Å². The van der Waals surface area contributed by atoms with Crippen molar-refractivity contribution in [1.29, 1.82) is 0 Å². The maximum absolute atomic E-state index is 9.95. The van der Waals surface area contributed by atoms with Crippen molar-refractivity contribution in [3.63, 3.8) is 0 Å². The van der Waals surface area contributed by atoms with Crippen LogP contribution in [-0.2, 0) is 13.6 Å². The molecule has 0 spiro atoms. The second kappa shape index (κ2) is 26.6. The van der Waals surface area contributed by atoms with E-state index < -0.39 is 15.1 Å². The van der Waals surface area contributed by atoms with Crippen LogP contribution in [0.25, 0.3) is 0 Å². The number of rotatable bonds is 24. The van der Waals surface area contributed by atoms with Gasteiger partial charge >= 0.3 is 0 Å². The molecule has 0 aromatic carbocycles. The zero-order chi connectivity index (χ0) is 26.0. The predicted octanol–water partition coefficient (Wildman–Crippen LogP) is 9.85. The van der Waals surface area contributed by atoms with Gasteiger partial charge in [0.15, 0.2) is 0 Å². The Morgan fingerprint density at radius 2 is 0.765 bits per heavy atom. The highest BCUT2D eigenvalue weighted by Gasteiger charge is 2.34. The third-order valence-electron chi connectivity index (χ3n) is 6.89. The molecule has 0 bridgehead atoms. The van der Waals surface area contributed by atoms with Crippen LogP contribution in [0.3, 0.4) is 0 Å². The molecule has 0 aromatic heterocycles. The fourth-order valence-electron chi connectivity index (χ4n) is 4.51. The summed E-state index contributed by atoms with van der Waals surface area (Å²) in [5.74, 6) is 0. The van der Waals surface area contributed by atoms with Crippen LogP contribution in [0.4, 0.5) is 0 Å². The molecule has 0 heterocycles. The lowest BCUT2D eigenvalue weighted by Crippen LogP contribution is -2.13. The molecule has 0 aliphatic heterocycles. The summed E-state index contributed by atoms with van der Waals surface area (Å²) >= 11 is 0. The van der Waals surface area contributed by atoms with Crippen molar-refractivity contribution >= 4 is 15.1 Å². The Labute approximate surface area is 215 Å². The molecule has 208 valence electrons. The van der Waals surface area contributed by atoms with E-state index in [1.807, 2.05) is 0 Å². The van der Waals surface area contributed by atoms with Crippen LogP contribution in [0.15, 0.2) is 0 Å². The number of hydrogen-bond acceptors (Lipinski definition) is 4. The van der Waals surface area contributed by atoms with E-state index in [-0.39, 0.29) is 0 Å². The first-order valence-corrected chi connectivity index (χ1v) is 18.6. The Bertz CT molecular complexity index is 416. The van der Waals surface area contributed by atoms with E-state index in [0.717, 1.165) is 14.2 Å². The van der Waals surface area contributed by atoms with Crippen LogP contribution < -0.4 is 4.89 Å². The molecule has 0 N–H and O–H groups in total. The van der Waals surface area contributed by atoms with Gasteiger partial charge in [0.1, 0.15) is 0 Å². The third-order valence-corrected chi connectivity index (χ3v) is 12.8. The molecule has 0 amide bonds. The van der Waals surface area contributed by atoms with Gasteiger partial charge in [-0.15, -0.1) is 0 Å². The molecule has 0 radical (unpaired) electrons. The Morgan fingerprint density at radius 3 is 1.03 bits per heavy atom. The summed E-state index contributed by atoms with van der Waals surface area (Å²) in [5.41, 5.74) is 0. The maximum atomic E-state index is 9.95. The van der Waals surface area contributed by atoms with Crippen LogP contribution in [-0.4, -0.2) is 38.9 Å². The molecule has 34 heavy (non-hydrogen) atoms. The Morgan fingerprint density at radius 1 is 0.500 bits per heavy atom. The van der Waals surface area contributed by atoms with Gasteiger partial charge in [-0.3, -0.25) is 4.57 Å². The second-order valence-electron chi connectivity index (χ2n) is 10.00. The van der Waals surface area contributed by atoms with E-state index in [9.17, 15) is 9.46 Å². The van der Waals surface area contributed by atoms with Crippen molar-refractivity contribution in [2.75, 3.05) is 38.9 Å². The number of unbranched alkanes of at least 4 members (excludes halogenated alkanes) is 14. The van der Waals surface area contributed by atoms with Gasteiger partial charge in [0.2, 0.25) is 0 Å². The fourth-order valence-corrected chi connectivity index (χ4v) is 9.86. The van der Waals surface area contributed by atoms with Gasteiger partial charge in [0.25, 0.3) is 7.82 Å². The van der Waals surface area contributed by atoms with Crippen LogP contribution in [0, 0.1) is 0 Å². The first-order chi connectivity index (χ1) is 16.4. The highest BCUT2D eigenvalue weighted by Crippen LogP contribution is 2.61. The van der Waals surface area contributed by atoms with Gasteiger partial charge in [-0.05, 0) is 32.1 Å². The standard InChI is InChI=1S/C26H56P.C2H7O4P/c1-5-9-13-14-15-16-17-18-19-20-21-22-26-27(23-10-6-2,24-11-7-3)25-12-8-4;1-5-7(3,4)6-2/h5-26H2,1-4H3;1-2H3,(H,3,4)/q+1;/p-1. The van der Waals surface area contributed by atoms with E-state index in [4.69, 9.17) is 0 Å². The van der Waals surface area contributed by atoms with Crippen molar-refractivity contribution in [1.82, 2.24) is 0 Å². The summed E-state index contributed by atoms with van der Waals surface area (Å²) < 4.78 is 17.7. The largest absolute Gasteiger partial charge is 0.756 e. The van der Waals surface area contributed by atoms with Crippen LogP contribution in [0.2, 0.25) is 0 Å². The van der Waals surface area contributed by atoms with Crippen molar-refractivity contribution in [3.05, 3.63) is 0 Å².